The van der Waals surface area contributed by atoms with Crippen LogP contribution in [0.4, 0.5) is 0 Å². The number of esters is 1. The van der Waals surface area contributed by atoms with E-state index < -0.39 is 0 Å². The number of cyclic esters (lactones) is 1. The van der Waals surface area contributed by atoms with E-state index >= 15 is 0 Å². The third-order valence-corrected chi connectivity index (χ3v) is 3.76. The van der Waals surface area contributed by atoms with Crippen molar-refractivity contribution in [2.75, 3.05) is 6.61 Å². The molecule has 0 saturated carbocycles. The van der Waals surface area contributed by atoms with E-state index in [0.29, 0.717) is 12.5 Å². The SMILES string of the molecule is CC(C)c1nc2n(n1)C[C@H](N[C@H]1CCOC1=O)CC2. The van der Waals surface area contributed by atoms with E-state index in [1.165, 1.54) is 0 Å². The molecule has 1 fully saturated rings. The first-order valence-electron chi connectivity index (χ1n) is 7.00. The van der Waals surface area contributed by atoms with Gasteiger partial charge in [-0.15, -0.1) is 0 Å². The molecule has 1 saturated heterocycles. The van der Waals surface area contributed by atoms with Crippen LogP contribution in [-0.2, 0) is 22.5 Å². The first-order valence-corrected chi connectivity index (χ1v) is 7.00. The Balaban J connectivity index is 1.66. The number of ether oxygens (including phenoxy) is 1. The Morgan fingerprint density at radius 1 is 1.42 bits per heavy atom. The summed E-state index contributed by atoms with van der Waals surface area (Å²) in [5.74, 6) is 2.22. The molecule has 0 spiro atoms. The second-order valence-corrected chi connectivity index (χ2v) is 5.63. The number of hydrogen-bond acceptors (Lipinski definition) is 5. The van der Waals surface area contributed by atoms with Gasteiger partial charge in [-0.1, -0.05) is 13.8 Å². The second kappa shape index (κ2) is 4.92. The van der Waals surface area contributed by atoms with E-state index in [9.17, 15) is 4.79 Å². The molecule has 0 aliphatic carbocycles. The maximum atomic E-state index is 11.5. The molecule has 0 bridgehead atoms. The number of aryl methyl sites for hydroxylation is 1. The highest BCUT2D eigenvalue weighted by molar-refractivity contribution is 5.77. The Bertz CT molecular complexity index is 483. The van der Waals surface area contributed by atoms with Gasteiger partial charge in [-0.25, -0.2) is 9.67 Å². The average molecular weight is 264 g/mol. The highest BCUT2D eigenvalue weighted by Crippen LogP contribution is 2.18. The van der Waals surface area contributed by atoms with Crippen LogP contribution in [0.15, 0.2) is 0 Å². The lowest BCUT2D eigenvalue weighted by Gasteiger charge is -2.25. The zero-order valence-electron chi connectivity index (χ0n) is 11.4. The van der Waals surface area contributed by atoms with Crippen LogP contribution in [-0.4, -0.2) is 39.4 Å². The van der Waals surface area contributed by atoms with Gasteiger partial charge in [0.1, 0.15) is 11.9 Å². The normalized spacial score (nSPS) is 26.6. The van der Waals surface area contributed by atoms with Crippen LogP contribution in [0.3, 0.4) is 0 Å². The molecule has 1 N–H and O–H groups in total. The molecule has 104 valence electrons. The minimum Gasteiger partial charge on any atom is -0.464 e. The maximum absolute atomic E-state index is 11.5. The van der Waals surface area contributed by atoms with Crippen LogP contribution in [0.1, 0.15) is 44.3 Å². The summed E-state index contributed by atoms with van der Waals surface area (Å²) in [5, 5.41) is 7.93. The smallest absolute Gasteiger partial charge is 0.323 e. The van der Waals surface area contributed by atoms with E-state index in [1.54, 1.807) is 0 Å². The molecule has 0 amide bonds. The summed E-state index contributed by atoms with van der Waals surface area (Å²) in [6.45, 7) is 5.53. The third-order valence-electron chi connectivity index (χ3n) is 3.76. The lowest BCUT2D eigenvalue weighted by atomic mass is 10.1. The molecule has 2 aliphatic heterocycles. The molecule has 3 rings (SSSR count). The van der Waals surface area contributed by atoms with Gasteiger partial charge < -0.3 is 4.74 Å². The monoisotopic (exact) mass is 264 g/mol. The fourth-order valence-electron chi connectivity index (χ4n) is 2.64. The number of hydrogen-bond donors (Lipinski definition) is 1. The van der Waals surface area contributed by atoms with Crippen molar-refractivity contribution in [1.82, 2.24) is 20.1 Å². The first-order chi connectivity index (χ1) is 9.13. The highest BCUT2D eigenvalue weighted by atomic mass is 16.5. The molecule has 3 heterocycles. The summed E-state index contributed by atoms with van der Waals surface area (Å²) in [5.41, 5.74) is 0. The zero-order valence-corrected chi connectivity index (χ0v) is 11.4. The fraction of sp³-hybridized carbons (Fsp3) is 0.769. The van der Waals surface area contributed by atoms with Crippen LogP contribution >= 0.6 is 0 Å². The number of nitrogens with zero attached hydrogens (tertiary/aromatic N) is 3. The number of aromatic nitrogens is 3. The van der Waals surface area contributed by atoms with Crippen molar-refractivity contribution < 1.29 is 9.53 Å². The molecular formula is C13H20N4O2. The van der Waals surface area contributed by atoms with Gasteiger partial charge in [0.25, 0.3) is 0 Å². The van der Waals surface area contributed by atoms with Crippen molar-refractivity contribution >= 4 is 5.97 Å². The lowest BCUT2D eigenvalue weighted by molar-refractivity contribution is -0.139. The molecule has 1 aromatic rings. The average Bonchev–Trinajstić information content (AvgIpc) is 2.96. The maximum Gasteiger partial charge on any atom is 0.323 e. The third kappa shape index (κ3) is 2.49. The van der Waals surface area contributed by atoms with Crippen molar-refractivity contribution in [1.29, 1.82) is 0 Å². The van der Waals surface area contributed by atoms with Crippen LogP contribution in [0.2, 0.25) is 0 Å². The molecular weight excluding hydrogens is 244 g/mol. The molecule has 6 heteroatoms. The van der Waals surface area contributed by atoms with Crippen molar-refractivity contribution in [2.24, 2.45) is 0 Å². The van der Waals surface area contributed by atoms with E-state index in [1.807, 2.05) is 4.68 Å². The molecule has 0 radical (unpaired) electrons. The number of fused-ring (bicyclic) bond motifs is 1. The summed E-state index contributed by atoms with van der Waals surface area (Å²) >= 11 is 0. The van der Waals surface area contributed by atoms with Gasteiger partial charge in [-0.05, 0) is 6.42 Å². The van der Waals surface area contributed by atoms with Gasteiger partial charge >= 0.3 is 5.97 Å². The number of nitrogens with one attached hydrogen (secondary N) is 1. The molecule has 0 aromatic carbocycles. The fourth-order valence-corrected chi connectivity index (χ4v) is 2.64. The Kier molecular flexibility index (Phi) is 3.26. The van der Waals surface area contributed by atoms with Crippen LogP contribution in [0, 0.1) is 0 Å². The van der Waals surface area contributed by atoms with Gasteiger partial charge in [-0.3, -0.25) is 10.1 Å². The summed E-state index contributed by atoms with van der Waals surface area (Å²) in [7, 11) is 0. The largest absolute Gasteiger partial charge is 0.464 e. The van der Waals surface area contributed by atoms with Crippen molar-refractivity contribution in [2.45, 2.75) is 57.7 Å². The van der Waals surface area contributed by atoms with Gasteiger partial charge in [0.05, 0.1) is 13.2 Å². The van der Waals surface area contributed by atoms with Gasteiger partial charge in [0.2, 0.25) is 0 Å². The minimum atomic E-state index is -0.139. The van der Waals surface area contributed by atoms with E-state index in [4.69, 9.17) is 4.74 Å². The minimum absolute atomic E-state index is 0.118. The standard InChI is InChI=1S/C13H20N4O2/c1-8(2)12-15-11-4-3-9(7-17(11)16-12)14-10-5-6-19-13(10)18/h8-10,14H,3-7H2,1-2H3/t9-,10+/m1/s1. The first kappa shape index (κ1) is 12.6. The summed E-state index contributed by atoms with van der Waals surface area (Å²) in [6, 6.07) is 0.143. The number of carbonyl (C=O) groups excluding carboxylic acids is 1. The van der Waals surface area contributed by atoms with Gasteiger partial charge in [0, 0.05) is 24.8 Å². The molecule has 0 unspecified atom stereocenters. The Hall–Kier alpha value is -1.43. The molecule has 2 aliphatic rings. The number of carbonyl (C=O) groups is 1. The predicted octanol–water partition coefficient (Wildman–Crippen LogP) is 0.621. The highest BCUT2D eigenvalue weighted by Gasteiger charge is 2.30. The summed E-state index contributed by atoms with van der Waals surface area (Å²) in [4.78, 5) is 16.0. The van der Waals surface area contributed by atoms with Crippen LogP contribution < -0.4 is 5.32 Å². The van der Waals surface area contributed by atoms with Gasteiger partial charge in [0.15, 0.2) is 5.82 Å². The Morgan fingerprint density at radius 3 is 2.95 bits per heavy atom. The van der Waals surface area contributed by atoms with Crippen LogP contribution in [0.5, 0.6) is 0 Å². The van der Waals surface area contributed by atoms with E-state index in [0.717, 1.165) is 37.5 Å². The van der Waals surface area contributed by atoms with E-state index in [-0.39, 0.29) is 18.1 Å². The summed E-state index contributed by atoms with van der Waals surface area (Å²) in [6.07, 6.45) is 2.69. The zero-order chi connectivity index (χ0) is 13.4. The quantitative estimate of drug-likeness (QED) is 0.811. The topological polar surface area (TPSA) is 69.0 Å². The Labute approximate surface area is 112 Å². The Morgan fingerprint density at radius 2 is 2.26 bits per heavy atom. The second-order valence-electron chi connectivity index (χ2n) is 5.63. The number of rotatable bonds is 3. The lowest BCUT2D eigenvalue weighted by Crippen LogP contribution is -2.45. The van der Waals surface area contributed by atoms with Crippen molar-refractivity contribution in [3.8, 4) is 0 Å². The van der Waals surface area contributed by atoms with Crippen molar-refractivity contribution in [3.05, 3.63) is 11.6 Å². The van der Waals surface area contributed by atoms with Gasteiger partial charge in [-0.2, -0.15) is 5.10 Å². The summed E-state index contributed by atoms with van der Waals surface area (Å²) < 4.78 is 6.96. The van der Waals surface area contributed by atoms with Crippen LogP contribution in [0.25, 0.3) is 0 Å². The van der Waals surface area contributed by atoms with E-state index in [2.05, 4.69) is 29.2 Å². The molecule has 1 aromatic heterocycles. The molecule has 6 nitrogen and oxygen atoms in total. The van der Waals surface area contributed by atoms with Crippen molar-refractivity contribution in [3.63, 3.8) is 0 Å². The molecule has 19 heavy (non-hydrogen) atoms. The predicted molar refractivity (Wildman–Crippen MR) is 68.7 cm³/mol. The molecule has 2 atom stereocenters.